The van der Waals surface area contributed by atoms with Crippen LogP contribution in [0.1, 0.15) is 0 Å². The van der Waals surface area contributed by atoms with E-state index in [9.17, 15) is 0 Å². The zero-order valence-electron chi connectivity index (χ0n) is 31.4. The predicted molar refractivity (Wildman–Crippen MR) is 239 cm³/mol. The molecule has 274 valence electrons. The van der Waals surface area contributed by atoms with Gasteiger partial charge in [0.2, 0.25) is 5.89 Å². The second-order valence-electron chi connectivity index (χ2n) is 14.4. The summed E-state index contributed by atoms with van der Waals surface area (Å²) in [4.78, 5) is 9.80. The molecule has 58 heavy (non-hydrogen) atoms. The fourth-order valence-electron chi connectivity index (χ4n) is 8.08. The van der Waals surface area contributed by atoms with Gasteiger partial charge in [-0.1, -0.05) is 127 Å². The van der Waals surface area contributed by atoms with Gasteiger partial charge in [-0.25, -0.2) is 4.98 Å². The van der Waals surface area contributed by atoms with Crippen molar-refractivity contribution in [1.29, 1.82) is 0 Å². The van der Waals surface area contributed by atoms with E-state index < -0.39 is 0 Å². The van der Waals surface area contributed by atoms with Gasteiger partial charge in [0.05, 0.1) is 11.4 Å². The summed E-state index contributed by atoms with van der Waals surface area (Å²) in [6.45, 7) is 0. The third-order valence-corrected chi connectivity index (χ3v) is 10.8. The highest BCUT2D eigenvalue weighted by Crippen LogP contribution is 2.47. The Morgan fingerprint density at radius 1 is 0.345 bits per heavy atom. The number of oxazole rings is 1. The normalized spacial score (nSPS) is 11.4. The van der Waals surface area contributed by atoms with Crippen LogP contribution in [0, 0.1) is 0 Å². The molecule has 0 radical (unpaired) electrons. The fourth-order valence-corrected chi connectivity index (χ4v) is 8.08. The summed E-state index contributed by atoms with van der Waals surface area (Å²) in [5.41, 5.74) is 12.1. The lowest BCUT2D eigenvalue weighted by Gasteiger charge is -2.29. The molecule has 11 aromatic rings. The summed E-state index contributed by atoms with van der Waals surface area (Å²) in [7, 11) is 0. The van der Waals surface area contributed by atoms with Crippen molar-refractivity contribution < 1.29 is 8.83 Å². The average Bonchev–Trinajstić information content (AvgIpc) is 3.90. The van der Waals surface area contributed by atoms with Crippen LogP contribution in [0.25, 0.3) is 66.4 Å². The third-order valence-electron chi connectivity index (χ3n) is 10.8. The molecule has 0 bridgehead atoms. The molecule has 0 fully saturated rings. The van der Waals surface area contributed by atoms with Crippen molar-refractivity contribution in [1.82, 2.24) is 4.98 Å². The Bertz CT molecular complexity index is 3240. The topological polar surface area (TPSA) is 45.7 Å². The van der Waals surface area contributed by atoms with Crippen LogP contribution in [0.15, 0.2) is 221 Å². The molecule has 5 heteroatoms. The van der Waals surface area contributed by atoms with E-state index in [0.29, 0.717) is 11.5 Å². The van der Waals surface area contributed by atoms with Crippen LogP contribution < -0.4 is 9.80 Å². The van der Waals surface area contributed by atoms with Gasteiger partial charge in [0, 0.05) is 39.1 Å². The largest absolute Gasteiger partial charge is 0.456 e. The molecule has 5 nitrogen and oxygen atoms in total. The first-order chi connectivity index (χ1) is 28.7. The Balaban J connectivity index is 1.20. The highest BCUT2D eigenvalue weighted by atomic mass is 16.3. The first-order valence-electron chi connectivity index (χ1n) is 19.4. The monoisotopic (exact) mass is 745 g/mol. The summed E-state index contributed by atoms with van der Waals surface area (Å²) in [5.74, 6) is 0.560. The molecule has 0 atom stereocenters. The number of furan rings is 1. The van der Waals surface area contributed by atoms with E-state index in [4.69, 9.17) is 13.8 Å². The Morgan fingerprint density at radius 3 is 1.79 bits per heavy atom. The average molecular weight is 746 g/mol. The molecule has 2 aromatic heterocycles. The Labute approximate surface area is 335 Å². The Kier molecular flexibility index (Phi) is 8.07. The molecule has 0 saturated carbocycles. The molecule has 0 saturated heterocycles. The Hall–Kier alpha value is -7.89. The summed E-state index contributed by atoms with van der Waals surface area (Å²) >= 11 is 0. The van der Waals surface area contributed by atoms with Gasteiger partial charge < -0.3 is 18.6 Å². The van der Waals surface area contributed by atoms with E-state index in [2.05, 4.69) is 174 Å². The molecule has 9 aromatic carbocycles. The number of hydrogen-bond donors (Lipinski definition) is 0. The number of para-hydroxylation sites is 2. The maximum Gasteiger partial charge on any atom is 0.227 e. The van der Waals surface area contributed by atoms with Crippen molar-refractivity contribution in [3.63, 3.8) is 0 Å². The lowest BCUT2D eigenvalue weighted by atomic mass is 10.0. The van der Waals surface area contributed by atoms with Crippen LogP contribution in [-0.2, 0) is 0 Å². The van der Waals surface area contributed by atoms with Crippen molar-refractivity contribution in [2.75, 3.05) is 9.80 Å². The van der Waals surface area contributed by atoms with E-state index in [1.165, 1.54) is 5.39 Å². The van der Waals surface area contributed by atoms with E-state index in [-0.39, 0.29) is 0 Å². The molecule has 0 amide bonds. The highest BCUT2D eigenvalue weighted by Gasteiger charge is 2.25. The second-order valence-corrected chi connectivity index (χ2v) is 14.4. The molecule has 0 spiro atoms. The number of anilines is 6. The van der Waals surface area contributed by atoms with Gasteiger partial charge in [-0.05, 0) is 107 Å². The SMILES string of the molecule is c1ccc(-c2cccc(N(c3cc(N(c4ccccc4)c4ccc5ccccc5c4)c4oc(-c5ccccc5)nc4c3)c3ccc4oc5ccccc5c4c3)c2)cc1. The van der Waals surface area contributed by atoms with Gasteiger partial charge in [-0.15, -0.1) is 0 Å². The zero-order valence-corrected chi connectivity index (χ0v) is 31.4. The molecule has 0 aliphatic heterocycles. The smallest absolute Gasteiger partial charge is 0.227 e. The number of aromatic nitrogens is 1. The van der Waals surface area contributed by atoms with Gasteiger partial charge in [-0.2, -0.15) is 0 Å². The molecular formula is C53H35N3O2. The molecule has 0 unspecified atom stereocenters. The molecule has 11 rings (SSSR count). The van der Waals surface area contributed by atoms with Crippen molar-refractivity contribution in [3.05, 3.63) is 212 Å². The summed E-state index contributed by atoms with van der Waals surface area (Å²) in [6, 6.07) is 74.0. The summed E-state index contributed by atoms with van der Waals surface area (Å²) in [6.07, 6.45) is 0. The highest BCUT2D eigenvalue weighted by molar-refractivity contribution is 6.07. The fraction of sp³-hybridized carbons (Fsp3) is 0. The summed E-state index contributed by atoms with van der Waals surface area (Å²) in [5, 5.41) is 4.45. The molecule has 0 aliphatic rings. The standard InChI is InChI=1S/C53H35N3O2/c1-4-15-36(16-5-1)40-21-14-24-42(31-40)55(44-29-30-51-47(33-44)46-25-12-13-26-50(46)57-51)45-34-48-52(58-53(54-48)38-18-6-2-7-19-38)49(35-45)56(41-22-8-3-9-23-41)43-28-27-37-17-10-11-20-39(37)32-43/h1-35H. The van der Waals surface area contributed by atoms with Crippen LogP contribution in [0.3, 0.4) is 0 Å². The minimum atomic E-state index is 0.560. The first-order valence-corrected chi connectivity index (χ1v) is 19.4. The minimum absolute atomic E-state index is 0.560. The molecule has 0 N–H and O–H groups in total. The molecule has 2 heterocycles. The van der Waals surface area contributed by atoms with E-state index in [1.807, 2.05) is 48.5 Å². The maximum absolute atomic E-state index is 6.83. The lowest BCUT2D eigenvalue weighted by Crippen LogP contribution is -2.13. The number of rotatable bonds is 8. The van der Waals surface area contributed by atoms with Gasteiger partial charge in [0.1, 0.15) is 16.7 Å². The second kappa shape index (κ2) is 14.0. The van der Waals surface area contributed by atoms with E-state index >= 15 is 0 Å². The minimum Gasteiger partial charge on any atom is -0.456 e. The van der Waals surface area contributed by atoms with Crippen LogP contribution in [0.4, 0.5) is 34.1 Å². The number of fused-ring (bicyclic) bond motifs is 5. The van der Waals surface area contributed by atoms with Crippen molar-refractivity contribution in [2.24, 2.45) is 0 Å². The van der Waals surface area contributed by atoms with Crippen LogP contribution >= 0.6 is 0 Å². The molecule has 0 aliphatic carbocycles. The van der Waals surface area contributed by atoms with Crippen molar-refractivity contribution in [3.8, 4) is 22.6 Å². The quantitative estimate of drug-likeness (QED) is 0.155. The number of benzene rings is 9. The van der Waals surface area contributed by atoms with Gasteiger partial charge in [0.25, 0.3) is 0 Å². The number of hydrogen-bond acceptors (Lipinski definition) is 5. The number of nitrogens with zero attached hydrogens (tertiary/aromatic N) is 3. The predicted octanol–water partition coefficient (Wildman–Crippen LogP) is 15.2. The Morgan fingerprint density at radius 2 is 0.966 bits per heavy atom. The van der Waals surface area contributed by atoms with Crippen LogP contribution in [0.5, 0.6) is 0 Å². The van der Waals surface area contributed by atoms with Gasteiger partial charge in [-0.3, -0.25) is 0 Å². The van der Waals surface area contributed by atoms with E-state index in [0.717, 1.165) is 83.7 Å². The van der Waals surface area contributed by atoms with Crippen LogP contribution in [0.2, 0.25) is 0 Å². The molecular weight excluding hydrogens is 711 g/mol. The summed E-state index contributed by atoms with van der Waals surface area (Å²) < 4.78 is 13.1. The van der Waals surface area contributed by atoms with Crippen LogP contribution in [-0.4, -0.2) is 4.98 Å². The van der Waals surface area contributed by atoms with Gasteiger partial charge in [0.15, 0.2) is 5.58 Å². The van der Waals surface area contributed by atoms with Crippen molar-refractivity contribution >= 4 is 77.9 Å². The lowest BCUT2D eigenvalue weighted by molar-refractivity contribution is 0.620. The van der Waals surface area contributed by atoms with E-state index in [1.54, 1.807) is 0 Å². The maximum atomic E-state index is 6.83. The first kappa shape index (κ1) is 33.4. The third kappa shape index (κ3) is 5.94. The van der Waals surface area contributed by atoms with Crippen molar-refractivity contribution in [2.45, 2.75) is 0 Å². The zero-order chi connectivity index (χ0) is 38.4. The van der Waals surface area contributed by atoms with Gasteiger partial charge >= 0.3 is 0 Å².